The zero-order chi connectivity index (χ0) is 11.8. The van der Waals surface area contributed by atoms with E-state index in [9.17, 15) is 5.11 Å². The number of aromatic nitrogens is 3. The van der Waals surface area contributed by atoms with Gasteiger partial charge in [-0.3, -0.25) is 0 Å². The maximum absolute atomic E-state index is 9.83. The van der Waals surface area contributed by atoms with Crippen molar-refractivity contribution < 1.29 is 5.11 Å². The van der Waals surface area contributed by atoms with Gasteiger partial charge in [0.15, 0.2) is 0 Å². The molecule has 1 saturated carbocycles. The summed E-state index contributed by atoms with van der Waals surface area (Å²) in [5.41, 5.74) is -0.230. The largest absolute Gasteiger partial charge is 0.384 e. The second-order valence-electron chi connectivity index (χ2n) is 5.56. The van der Waals surface area contributed by atoms with Gasteiger partial charge in [-0.05, 0) is 45.4 Å². The molecule has 1 heterocycles. The van der Waals surface area contributed by atoms with Gasteiger partial charge in [0.05, 0.1) is 12.2 Å². The van der Waals surface area contributed by atoms with Gasteiger partial charge < -0.3 is 5.11 Å². The minimum atomic E-state index is -0.889. The SMILES string of the molecule is CC1CCC(n2cc(C(C)(C)O)nn2)CC1. The first-order chi connectivity index (χ1) is 7.47. The standard InChI is InChI=1S/C12H21N3O/c1-9-4-6-10(7-5-9)15-8-11(13-14-15)12(2,3)16/h8-10,16H,4-7H2,1-3H3. The summed E-state index contributed by atoms with van der Waals surface area (Å²) in [4.78, 5) is 0. The first-order valence-corrected chi connectivity index (χ1v) is 6.11. The Labute approximate surface area is 96.7 Å². The first kappa shape index (κ1) is 11.6. The van der Waals surface area contributed by atoms with E-state index >= 15 is 0 Å². The summed E-state index contributed by atoms with van der Waals surface area (Å²) >= 11 is 0. The van der Waals surface area contributed by atoms with Crippen LogP contribution in [0.15, 0.2) is 6.20 Å². The lowest BCUT2D eigenvalue weighted by atomic mass is 9.87. The molecule has 1 fully saturated rings. The molecular weight excluding hydrogens is 202 g/mol. The van der Waals surface area contributed by atoms with Crippen molar-refractivity contribution in [2.45, 2.75) is 58.1 Å². The number of nitrogens with zero attached hydrogens (tertiary/aromatic N) is 3. The Hall–Kier alpha value is -0.900. The second kappa shape index (κ2) is 4.17. The molecule has 0 saturated heterocycles. The van der Waals surface area contributed by atoms with Gasteiger partial charge in [-0.2, -0.15) is 0 Å². The van der Waals surface area contributed by atoms with Crippen LogP contribution in [0.5, 0.6) is 0 Å². The molecule has 1 aromatic heterocycles. The third-order valence-electron chi connectivity index (χ3n) is 3.50. The Bertz CT molecular complexity index is 345. The fourth-order valence-corrected chi connectivity index (χ4v) is 2.24. The molecule has 0 aliphatic heterocycles. The van der Waals surface area contributed by atoms with E-state index in [2.05, 4.69) is 17.2 Å². The van der Waals surface area contributed by atoms with E-state index in [0.29, 0.717) is 11.7 Å². The van der Waals surface area contributed by atoms with Crippen LogP contribution in [0.25, 0.3) is 0 Å². The highest BCUT2D eigenvalue weighted by Gasteiger charge is 2.24. The molecule has 0 atom stereocenters. The summed E-state index contributed by atoms with van der Waals surface area (Å²) in [5, 5.41) is 18.0. The van der Waals surface area contributed by atoms with Crippen LogP contribution in [0, 0.1) is 5.92 Å². The number of rotatable bonds is 2. The molecule has 0 amide bonds. The van der Waals surface area contributed by atoms with Crippen molar-refractivity contribution in [1.29, 1.82) is 0 Å². The van der Waals surface area contributed by atoms with E-state index in [4.69, 9.17) is 0 Å². The summed E-state index contributed by atoms with van der Waals surface area (Å²) < 4.78 is 1.93. The Balaban J connectivity index is 2.08. The summed E-state index contributed by atoms with van der Waals surface area (Å²) in [6, 6.07) is 0.472. The van der Waals surface area contributed by atoms with Crippen LogP contribution < -0.4 is 0 Å². The Morgan fingerprint density at radius 3 is 2.44 bits per heavy atom. The lowest BCUT2D eigenvalue weighted by Crippen LogP contribution is -2.18. The molecule has 4 nitrogen and oxygen atoms in total. The van der Waals surface area contributed by atoms with E-state index in [0.717, 1.165) is 5.92 Å². The molecule has 1 aliphatic rings. The molecule has 1 aliphatic carbocycles. The van der Waals surface area contributed by atoms with Crippen molar-refractivity contribution in [3.8, 4) is 0 Å². The van der Waals surface area contributed by atoms with Gasteiger partial charge in [-0.15, -0.1) is 5.10 Å². The third kappa shape index (κ3) is 2.43. The van der Waals surface area contributed by atoms with Crippen LogP contribution in [0.2, 0.25) is 0 Å². The predicted molar refractivity (Wildman–Crippen MR) is 61.9 cm³/mol. The van der Waals surface area contributed by atoms with Gasteiger partial charge in [-0.1, -0.05) is 12.1 Å². The normalized spacial score (nSPS) is 27.0. The van der Waals surface area contributed by atoms with Crippen molar-refractivity contribution in [2.24, 2.45) is 5.92 Å². The average Bonchev–Trinajstić information content (AvgIpc) is 2.67. The van der Waals surface area contributed by atoms with Crippen LogP contribution in [-0.4, -0.2) is 20.1 Å². The number of hydrogen-bond donors (Lipinski definition) is 1. The van der Waals surface area contributed by atoms with E-state index in [1.807, 2.05) is 10.9 Å². The van der Waals surface area contributed by atoms with Gasteiger partial charge in [0, 0.05) is 0 Å². The van der Waals surface area contributed by atoms with Crippen molar-refractivity contribution >= 4 is 0 Å². The van der Waals surface area contributed by atoms with Gasteiger partial charge in [0.1, 0.15) is 11.3 Å². The molecule has 0 spiro atoms. The van der Waals surface area contributed by atoms with Crippen LogP contribution in [0.4, 0.5) is 0 Å². The molecule has 90 valence electrons. The smallest absolute Gasteiger partial charge is 0.114 e. The molecule has 0 unspecified atom stereocenters. The van der Waals surface area contributed by atoms with Crippen LogP contribution >= 0.6 is 0 Å². The highest BCUT2D eigenvalue weighted by atomic mass is 16.3. The Kier molecular flexibility index (Phi) is 3.02. The first-order valence-electron chi connectivity index (χ1n) is 6.11. The molecule has 2 rings (SSSR count). The molecule has 1 aromatic rings. The van der Waals surface area contributed by atoms with E-state index < -0.39 is 5.60 Å². The second-order valence-corrected chi connectivity index (χ2v) is 5.56. The van der Waals surface area contributed by atoms with Gasteiger partial charge in [0.2, 0.25) is 0 Å². The molecule has 0 radical (unpaired) electrons. The number of hydrogen-bond acceptors (Lipinski definition) is 3. The molecule has 4 heteroatoms. The van der Waals surface area contributed by atoms with Crippen molar-refractivity contribution in [3.05, 3.63) is 11.9 Å². The zero-order valence-corrected chi connectivity index (χ0v) is 10.3. The Morgan fingerprint density at radius 1 is 1.31 bits per heavy atom. The minimum absolute atomic E-state index is 0.472. The maximum Gasteiger partial charge on any atom is 0.114 e. The molecule has 0 bridgehead atoms. The molecule has 0 aromatic carbocycles. The fraction of sp³-hybridized carbons (Fsp3) is 0.833. The van der Waals surface area contributed by atoms with Gasteiger partial charge in [0.25, 0.3) is 0 Å². The number of aliphatic hydroxyl groups is 1. The fourth-order valence-electron chi connectivity index (χ4n) is 2.24. The zero-order valence-electron chi connectivity index (χ0n) is 10.3. The average molecular weight is 223 g/mol. The summed E-state index contributed by atoms with van der Waals surface area (Å²) in [7, 11) is 0. The molecule has 16 heavy (non-hydrogen) atoms. The van der Waals surface area contributed by atoms with Crippen LogP contribution in [0.1, 0.15) is 58.2 Å². The highest BCUT2D eigenvalue weighted by Crippen LogP contribution is 2.31. The minimum Gasteiger partial charge on any atom is -0.384 e. The van der Waals surface area contributed by atoms with E-state index in [1.165, 1.54) is 25.7 Å². The third-order valence-corrected chi connectivity index (χ3v) is 3.50. The molecular formula is C12H21N3O. The monoisotopic (exact) mass is 223 g/mol. The van der Waals surface area contributed by atoms with Gasteiger partial charge >= 0.3 is 0 Å². The van der Waals surface area contributed by atoms with Crippen LogP contribution in [-0.2, 0) is 5.60 Å². The lowest BCUT2D eigenvalue weighted by Gasteiger charge is -2.25. The summed E-state index contributed by atoms with van der Waals surface area (Å²) in [6.07, 6.45) is 6.77. The van der Waals surface area contributed by atoms with E-state index in [1.54, 1.807) is 13.8 Å². The van der Waals surface area contributed by atoms with E-state index in [-0.39, 0.29) is 0 Å². The van der Waals surface area contributed by atoms with Crippen LogP contribution in [0.3, 0.4) is 0 Å². The quantitative estimate of drug-likeness (QED) is 0.836. The topological polar surface area (TPSA) is 50.9 Å². The molecule has 1 N–H and O–H groups in total. The summed E-state index contributed by atoms with van der Waals surface area (Å²) in [5.74, 6) is 0.841. The van der Waals surface area contributed by atoms with Crippen molar-refractivity contribution in [2.75, 3.05) is 0 Å². The predicted octanol–water partition coefficient (Wildman–Crippen LogP) is 2.26. The lowest BCUT2D eigenvalue weighted by molar-refractivity contribution is 0.0737. The van der Waals surface area contributed by atoms with Crippen molar-refractivity contribution in [1.82, 2.24) is 15.0 Å². The summed E-state index contributed by atoms with van der Waals surface area (Å²) in [6.45, 7) is 5.79. The highest BCUT2D eigenvalue weighted by molar-refractivity contribution is 5.03. The van der Waals surface area contributed by atoms with Crippen molar-refractivity contribution in [3.63, 3.8) is 0 Å². The Morgan fingerprint density at radius 2 is 1.94 bits per heavy atom. The maximum atomic E-state index is 9.83. The van der Waals surface area contributed by atoms with Gasteiger partial charge in [-0.25, -0.2) is 4.68 Å².